The van der Waals surface area contributed by atoms with Crippen LogP contribution in [0.2, 0.25) is 5.02 Å². The van der Waals surface area contributed by atoms with Crippen LogP contribution in [0.5, 0.6) is 0 Å². The molecule has 4 heteroatoms. The normalized spacial score (nSPS) is 12.5. The van der Waals surface area contributed by atoms with Crippen LogP contribution >= 0.6 is 11.6 Å². The summed E-state index contributed by atoms with van der Waals surface area (Å²) in [6.07, 6.45) is 0. The van der Waals surface area contributed by atoms with Crippen LogP contribution in [0.1, 0.15) is 24.1 Å². The van der Waals surface area contributed by atoms with Gasteiger partial charge in [-0.05, 0) is 36.1 Å². The smallest absolute Gasteiger partial charge is 0.252 e. The van der Waals surface area contributed by atoms with Gasteiger partial charge >= 0.3 is 0 Å². The van der Waals surface area contributed by atoms with Gasteiger partial charge in [-0.2, -0.15) is 0 Å². The van der Waals surface area contributed by atoms with Crippen molar-refractivity contribution in [2.24, 2.45) is 0 Å². The topological polar surface area (TPSA) is 44.9 Å². The molecule has 1 unspecified atom stereocenters. The second kappa shape index (κ2) is 6.34. The zero-order valence-electron chi connectivity index (χ0n) is 12.3. The van der Waals surface area contributed by atoms with E-state index >= 15 is 0 Å². The standard InChI is InChI=1S/C18H17ClN2O/c1-12(15-7-3-4-8-16(15)19)20-11-14-10-13-6-2-5-9-17(13)21-18(14)22/h2-10,12,20H,11H2,1H3,(H,21,22). The number of hydrogen-bond acceptors (Lipinski definition) is 2. The van der Waals surface area contributed by atoms with Gasteiger partial charge in [0.2, 0.25) is 0 Å². The van der Waals surface area contributed by atoms with Crippen LogP contribution in [0, 0.1) is 0 Å². The predicted molar refractivity (Wildman–Crippen MR) is 91.3 cm³/mol. The maximum absolute atomic E-state index is 12.1. The van der Waals surface area contributed by atoms with Crippen molar-refractivity contribution in [2.45, 2.75) is 19.5 Å². The summed E-state index contributed by atoms with van der Waals surface area (Å²) in [5.74, 6) is 0. The molecule has 0 saturated carbocycles. The Morgan fingerprint density at radius 3 is 2.68 bits per heavy atom. The zero-order valence-corrected chi connectivity index (χ0v) is 13.0. The van der Waals surface area contributed by atoms with Gasteiger partial charge in [-0.3, -0.25) is 4.79 Å². The number of H-pyrrole nitrogens is 1. The van der Waals surface area contributed by atoms with Crippen LogP contribution in [0.4, 0.5) is 0 Å². The fourth-order valence-electron chi connectivity index (χ4n) is 2.52. The zero-order chi connectivity index (χ0) is 15.5. The van der Waals surface area contributed by atoms with Crippen molar-refractivity contribution in [3.05, 3.63) is 81.1 Å². The first-order valence-corrected chi connectivity index (χ1v) is 7.61. The van der Waals surface area contributed by atoms with E-state index in [4.69, 9.17) is 11.6 Å². The van der Waals surface area contributed by atoms with E-state index in [-0.39, 0.29) is 11.6 Å². The molecule has 3 rings (SSSR count). The number of pyridine rings is 1. The van der Waals surface area contributed by atoms with Crippen molar-refractivity contribution in [1.82, 2.24) is 10.3 Å². The van der Waals surface area contributed by atoms with Crippen LogP contribution in [-0.4, -0.2) is 4.98 Å². The summed E-state index contributed by atoms with van der Waals surface area (Å²) in [5, 5.41) is 5.12. The average Bonchev–Trinajstić information content (AvgIpc) is 2.53. The number of halogens is 1. The van der Waals surface area contributed by atoms with E-state index in [2.05, 4.69) is 10.3 Å². The summed E-state index contributed by atoms with van der Waals surface area (Å²) in [6.45, 7) is 2.53. The van der Waals surface area contributed by atoms with Gasteiger partial charge in [-0.1, -0.05) is 48.0 Å². The van der Waals surface area contributed by atoms with Crippen molar-refractivity contribution in [3.63, 3.8) is 0 Å². The third-order valence-corrected chi connectivity index (χ3v) is 4.15. The molecule has 0 spiro atoms. The highest BCUT2D eigenvalue weighted by Gasteiger charge is 2.10. The lowest BCUT2D eigenvalue weighted by Gasteiger charge is -2.15. The van der Waals surface area contributed by atoms with Gasteiger partial charge in [-0.25, -0.2) is 0 Å². The number of benzene rings is 2. The minimum Gasteiger partial charge on any atom is -0.322 e. The highest BCUT2D eigenvalue weighted by molar-refractivity contribution is 6.31. The third-order valence-electron chi connectivity index (χ3n) is 3.80. The molecule has 112 valence electrons. The summed E-state index contributed by atoms with van der Waals surface area (Å²) < 4.78 is 0. The lowest BCUT2D eigenvalue weighted by molar-refractivity contribution is 0.572. The number of nitrogens with one attached hydrogen (secondary N) is 2. The highest BCUT2D eigenvalue weighted by atomic mass is 35.5. The Balaban J connectivity index is 1.80. The Labute approximate surface area is 133 Å². The first-order valence-electron chi connectivity index (χ1n) is 7.24. The van der Waals surface area contributed by atoms with Gasteiger partial charge < -0.3 is 10.3 Å². The van der Waals surface area contributed by atoms with Crippen molar-refractivity contribution in [2.75, 3.05) is 0 Å². The molecular formula is C18H17ClN2O. The predicted octanol–water partition coefficient (Wildman–Crippen LogP) is 4.03. The molecule has 2 N–H and O–H groups in total. The first kappa shape index (κ1) is 14.8. The maximum atomic E-state index is 12.1. The Bertz CT molecular complexity index is 857. The minimum absolute atomic E-state index is 0.0578. The number of para-hydroxylation sites is 1. The van der Waals surface area contributed by atoms with Crippen molar-refractivity contribution in [3.8, 4) is 0 Å². The van der Waals surface area contributed by atoms with Crippen LogP contribution in [0.25, 0.3) is 10.9 Å². The van der Waals surface area contributed by atoms with Crippen LogP contribution in [-0.2, 0) is 6.54 Å². The second-order valence-corrected chi connectivity index (χ2v) is 5.74. The Hall–Kier alpha value is -2.10. The van der Waals surface area contributed by atoms with Crippen molar-refractivity contribution < 1.29 is 0 Å². The summed E-state index contributed by atoms with van der Waals surface area (Å²) in [7, 11) is 0. The quantitative estimate of drug-likeness (QED) is 0.764. The lowest BCUT2D eigenvalue weighted by atomic mass is 10.1. The second-order valence-electron chi connectivity index (χ2n) is 5.34. The van der Waals surface area contributed by atoms with E-state index in [1.54, 1.807) is 0 Å². The summed E-state index contributed by atoms with van der Waals surface area (Å²) in [5.41, 5.74) is 2.55. The highest BCUT2D eigenvalue weighted by Crippen LogP contribution is 2.22. The number of aromatic nitrogens is 1. The van der Waals surface area contributed by atoms with Crippen molar-refractivity contribution >= 4 is 22.5 Å². The molecule has 1 atom stereocenters. The van der Waals surface area contributed by atoms with Crippen molar-refractivity contribution in [1.29, 1.82) is 0 Å². The van der Waals surface area contributed by atoms with Gasteiger partial charge in [0, 0.05) is 28.7 Å². The number of fused-ring (bicyclic) bond motifs is 1. The van der Waals surface area contributed by atoms with Gasteiger partial charge in [-0.15, -0.1) is 0 Å². The van der Waals surface area contributed by atoms with E-state index in [0.29, 0.717) is 6.54 Å². The summed E-state index contributed by atoms with van der Waals surface area (Å²) in [4.78, 5) is 15.0. The molecule has 0 saturated heterocycles. The Morgan fingerprint density at radius 1 is 1.14 bits per heavy atom. The number of aromatic amines is 1. The molecule has 0 bridgehead atoms. The minimum atomic E-state index is -0.0578. The number of rotatable bonds is 4. The van der Waals surface area contributed by atoms with E-state index < -0.39 is 0 Å². The molecule has 3 nitrogen and oxygen atoms in total. The molecular weight excluding hydrogens is 296 g/mol. The molecule has 1 aromatic heterocycles. The molecule has 0 amide bonds. The largest absolute Gasteiger partial charge is 0.322 e. The fraction of sp³-hybridized carbons (Fsp3) is 0.167. The molecule has 0 aliphatic heterocycles. The summed E-state index contributed by atoms with van der Waals surface area (Å²) in [6, 6.07) is 17.5. The van der Waals surface area contributed by atoms with Gasteiger partial charge in [0.05, 0.1) is 0 Å². The van der Waals surface area contributed by atoms with Crippen LogP contribution in [0.15, 0.2) is 59.4 Å². The molecule has 0 fully saturated rings. The molecule has 1 heterocycles. The van der Waals surface area contributed by atoms with E-state index in [1.807, 2.05) is 61.5 Å². The SMILES string of the molecule is CC(NCc1cc2ccccc2[nH]c1=O)c1ccccc1Cl. The molecule has 0 aliphatic carbocycles. The molecule has 3 aromatic rings. The van der Waals surface area contributed by atoms with Crippen LogP contribution in [0.3, 0.4) is 0 Å². The average molecular weight is 313 g/mol. The van der Waals surface area contributed by atoms with Gasteiger partial charge in [0.15, 0.2) is 0 Å². The molecule has 2 aromatic carbocycles. The molecule has 22 heavy (non-hydrogen) atoms. The monoisotopic (exact) mass is 312 g/mol. The first-order chi connectivity index (χ1) is 10.6. The van der Waals surface area contributed by atoms with Gasteiger partial charge in [0.25, 0.3) is 5.56 Å². The van der Waals surface area contributed by atoms with E-state index in [1.165, 1.54) is 0 Å². The van der Waals surface area contributed by atoms with E-state index in [9.17, 15) is 4.79 Å². The lowest BCUT2D eigenvalue weighted by Crippen LogP contribution is -2.23. The van der Waals surface area contributed by atoms with Crippen LogP contribution < -0.4 is 10.9 Å². The van der Waals surface area contributed by atoms with Gasteiger partial charge in [0.1, 0.15) is 0 Å². The maximum Gasteiger partial charge on any atom is 0.252 e. The summed E-state index contributed by atoms with van der Waals surface area (Å²) >= 11 is 6.20. The van der Waals surface area contributed by atoms with E-state index in [0.717, 1.165) is 27.1 Å². The number of hydrogen-bond donors (Lipinski definition) is 2. The molecule has 0 radical (unpaired) electrons. The molecule has 0 aliphatic rings. The third kappa shape index (κ3) is 3.06. The Morgan fingerprint density at radius 2 is 1.86 bits per heavy atom. The Kier molecular flexibility index (Phi) is 4.27. The fourth-order valence-corrected chi connectivity index (χ4v) is 2.82.